The van der Waals surface area contributed by atoms with E-state index < -0.39 is 0 Å². The molecule has 0 aliphatic carbocycles. The van der Waals surface area contributed by atoms with E-state index in [9.17, 15) is 0 Å². The van der Waals surface area contributed by atoms with Crippen LogP contribution < -0.4 is 0 Å². The molecule has 0 N–H and O–H groups in total. The maximum atomic E-state index is 2.44. The van der Waals surface area contributed by atoms with Crippen LogP contribution in [0.4, 0.5) is 0 Å². The molecule has 1 heteroatoms. The molecule has 1 fully saturated rings. The number of rotatable bonds is 0. The van der Waals surface area contributed by atoms with Gasteiger partial charge in [-0.15, -0.1) is 0 Å². The van der Waals surface area contributed by atoms with E-state index in [-0.39, 0.29) is 21.1 Å². The molecule has 0 unspecified atom stereocenters. The molecule has 7 heavy (non-hydrogen) atoms. The first kappa shape index (κ1) is 5.93. The van der Waals surface area contributed by atoms with Crippen LogP contribution in [0.15, 0.2) is 0 Å². The molecule has 0 nitrogen and oxygen atoms in total. The first-order chi connectivity index (χ1) is 3.21. The molecule has 0 atom stereocenters. The van der Waals surface area contributed by atoms with Crippen molar-refractivity contribution in [1.29, 1.82) is 0 Å². The Balaban J connectivity index is 2.40. The van der Waals surface area contributed by atoms with Crippen molar-refractivity contribution in [3.05, 3.63) is 0 Å². The number of hydrogen-bond acceptors (Lipinski definition) is 0. The second-order valence-electron chi connectivity index (χ2n) is 2.91. The van der Waals surface area contributed by atoms with Crippen molar-refractivity contribution in [3.63, 3.8) is 0 Å². The third-order valence-electron chi connectivity index (χ3n) is 1.58. The van der Waals surface area contributed by atoms with Crippen LogP contribution in [0.1, 0.15) is 26.7 Å². The van der Waals surface area contributed by atoms with Crippen molar-refractivity contribution in [2.75, 3.05) is 0 Å². The van der Waals surface area contributed by atoms with Crippen LogP contribution in [0.3, 0.4) is 0 Å². The van der Waals surface area contributed by atoms with Crippen molar-refractivity contribution < 1.29 is 0 Å². The fraction of sp³-hybridized carbons (Fsp3) is 1.00. The van der Waals surface area contributed by atoms with Crippen molar-refractivity contribution in [3.8, 4) is 0 Å². The molecule has 2 radical (unpaired) electrons. The van der Waals surface area contributed by atoms with Gasteiger partial charge in [-0.2, -0.15) is 0 Å². The molecular formula is C6H12Sn. The molecule has 1 heterocycles. The molecule has 1 rings (SSSR count). The van der Waals surface area contributed by atoms with Crippen LogP contribution >= 0.6 is 0 Å². The summed E-state index contributed by atoms with van der Waals surface area (Å²) in [5, 5.41) is 0. The van der Waals surface area contributed by atoms with E-state index in [1.165, 1.54) is 6.42 Å². The molecule has 1 aliphatic rings. The second kappa shape index (κ2) is 1.96. The Kier molecular flexibility index (Phi) is 1.66. The summed E-state index contributed by atoms with van der Waals surface area (Å²) in [5.41, 5.74) is 0. The molecule has 0 amide bonds. The Hall–Kier alpha value is 0.799. The van der Waals surface area contributed by atoms with Gasteiger partial charge in [-0.25, -0.2) is 0 Å². The Morgan fingerprint density at radius 1 is 1.43 bits per heavy atom. The minimum atomic E-state index is 0.129. The number of hydrogen-bond donors (Lipinski definition) is 0. The van der Waals surface area contributed by atoms with Gasteiger partial charge < -0.3 is 0 Å². The standard InChI is InChI=1S/C6H12.Sn/c1-4-5-6(2)3;/h1,4-5H2,2-3H3;. The predicted molar refractivity (Wildman–Crippen MR) is 33.8 cm³/mol. The van der Waals surface area contributed by atoms with Gasteiger partial charge in [0.25, 0.3) is 0 Å². The van der Waals surface area contributed by atoms with Gasteiger partial charge in [-0.1, -0.05) is 0 Å². The molecule has 0 aromatic carbocycles. The molecule has 1 saturated heterocycles. The molecule has 0 aromatic rings. The average molecular weight is 203 g/mol. The van der Waals surface area contributed by atoms with Gasteiger partial charge in [0.2, 0.25) is 0 Å². The summed E-state index contributed by atoms with van der Waals surface area (Å²) in [7, 11) is 0. The van der Waals surface area contributed by atoms with Crippen LogP contribution in [-0.2, 0) is 0 Å². The van der Waals surface area contributed by atoms with E-state index in [0.29, 0.717) is 0 Å². The van der Waals surface area contributed by atoms with Crippen molar-refractivity contribution in [2.24, 2.45) is 0 Å². The van der Waals surface area contributed by atoms with E-state index >= 15 is 0 Å². The predicted octanol–water partition coefficient (Wildman–Crippen LogP) is 2.10. The molecular weight excluding hydrogens is 191 g/mol. The van der Waals surface area contributed by atoms with Crippen molar-refractivity contribution in [1.82, 2.24) is 0 Å². The summed E-state index contributed by atoms with van der Waals surface area (Å²) in [6.45, 7) is 4.87. The van der Waals surface area contributed by atoms with Gasteiger partial charge in [-0.3, -0.25) is 0 Å². The van der Waals surface area contributed by atoms with E-state index in [1.54, 1.807) is 10.9 Å². The van der Waals surface area contributed by atoms with E-state index in [2.05, 4.69) is 13.8 Å². The third kappa shape index (κ3) is 1.63. The summed E-state index contributed by atoms with van der Waals surface area (Å²) < 4.78 is 2.50. The van der Waals surface area contributed by atoms with Gasteiger partial charge in [-0.05, 0) is 0 Å². The van der Waals surface area contributed by atoms with Crippen LogP contribution in [0.25, 0.3) is 0 Å². The van der Waals surface area contributed by atoms with Gasteiger partial charge in [0.05, 0.1) is 0 Å². The summed E-state index contributed by atoms with van der Waals surface area (Å²) >= 11 is 0.129. The first-order valence-electron chi connectivity index (χ1n) is 2.96. The summed E-state index contributed by atoms with van der Waals surface area (Å²) in [5.74, 6) is 0. The Labute approximate surface area is 55.9 Å². The minimum absolute atomic E-state index is 0.129. The first-order valence-corrected chi connectivity index (χ1v) is 6.40. The van der Waals surface area contributed by atoms with Crippen LogP contribution in [-0.4, -0.2) is 21.1 Å². The van der Waals surface area contributed by atoms with E-state index in [0.717, 1.165) is 3.43 Å². The Morgan fingerprint density at radius 2 is 2.14 bits per heavy atom. The van der Waals surface area contributed by atoms with Gasteiger partial charge in [0.1, 0.15) is 0 Å². The van der Waals surface area contributed by atoms with Crippen LogP contribution in [0, 0.1) is 0 Å². The van der Waals surface area contributed by atoms with E-state index in [1.807, 2.05) is 0 Å². The summed E-state index contributed by atoms with van der Waals surface area (Å²) in [6, 6.07) is 0. The Bertz CT molecular complexity index is 58.6. The van der Waals surface area contributed by atoms with E-state index in [4.69, 9.17) is 0 Å². The maximum absolute atomic E-state index is 2.44. The molecule has 0 spiro atoms. The molecule has 0 bridgehead atoms. The van der Waals surface area contributed by atoms with Crippen molar-refractivity contribution in [2.45, 2.75) is 34.6 Å². The quantitative estimate of drug-likeness (QED) is 0.528. The monoisotopic (exact) mass is 204 g/mol. The van der Waals surface area contributed by atoms with Gasteiger partial charge in [0.15, 0.2) is 0 Å². The summed E-state index contributed by atoms with van der Waals surface area (Å²) in [6.07, 6.45) is 3.07. The average Bonchev–Trinajstić information content (AvgIpc) is 1.84. The normalized spacial score (nSPS) is 28.3. The summed E-state index contributed by atoms with van der Waals surface area (Å²) in [4.78, 5) is 0. The fourth-order valence-corrected chi connectivity index (χ4v) is 5.00. The molecule has 1 aliphatic heterocycles. The zero-order valence-corrected chi connectivity index (χ0v) is 7.98. The third-order valence-corrected chi connectivity index (χ3v) is 6.75. The SMILES string of the molecule is C[C]1(C)CC[CH2][Sn]1. The molecule has 0 saturated carbocycles. The van der Waals surface area contributed by atoms with Gasteiger partial charge in [0, 0.05) is 0 Å². The fourth-order valence-electron chi connectivity index (χ4n) is 1.05. The zero-order chi connectivity index (χ0) is 5.33. The van der Waals surface area contributed by atoms with Crippen LogP contribution in [0.2, 0.25) is 7.87 Å². The Morgan fingerprint density at radius 3 is 2.29 bits per heavy atom. The zero-order valence-electron chi connectivity index (χ0n) is 5.12. The second-order valence-corrected chi connectivity index (χ2v) is 9.21. The molecule has 0 aromatic heterocycles. The van der Waals surface area contributed by atoms with Crippen molar-refractivity contribution >= 4 is 21.1 Å². The molecule has 40 valence electrons. The van der Waals surface area contributed by atoms with Crippen LogP contribution in [0.5, 0.6) is 0 Å². The topological polar surface area (TPSA) is 0 Å². The van der Waals surface area contributed by atoms with Gasteiger partial charge >= 0.3 is 55.7 Å².